The zero-order valence-electron chi connectivity index (χ0n) is 16.9. The molecule has 2 aromatic carbocycles. The van der Waals surface area contributed by atoms with E-state index in [1.54, 1.807) is 30.5 Å². The van der Waals surface area contributed by atoms with Crippen molar-refractivity contribution < 1.29 is 8.42 Å². The molecule has 156 valence electrons. The van der Waals surface area contributed by atoms with Crippen molar-refractivity contribution in [3.63, 3.8) is 0 Å². The molecule has 8 heteroatoms. The van der Waals surface area contributed by atoms with Gasteiger partial charge in [0.2, 0.25) is 15.2 Å². The molecule has 3 rings (SSSR count). The molecule has 0 bridgehead atoms. The zero-order chi connectivity index (χ0) is 21.4. The summed E-state index contributed by atoms with van der Waals surface area (Å²) in [7, 11) is -3.45. The molecule has 0 saturated heterocycles. The lowest BCUT2D eigenvalue weighted by Crippen LogP contribution is -2.30. The van der Waals surface area contributed by atoms with E-state index >= 15 is 0 Å². The summed E-state index contributed by atoms with van der Waals surface area (Å²) in [5.74, 6) is 0. The molecule has 0 saturated carbocycles. The molecular weight excluding hydrogens is 416 g/mol. The van der Waals surface area contributed by atoms with Gasteiger partial charge in [0.25, 0.3) is 0 Å². The van der Waals surface area contributed by atoms with E-state index < -0.39 is 10.0 Å². The van der Waals surface area contributed by atoms with Crippen molar-refractivity contribution in [2.24, 2.45) is 5.10 Å². The van der Waals surface area contributed by atoms with E-state index in [4.69, 9.17) is 0 Å². The van der Waals surface area contributed by atoms with Crippen molar-refractivity contribution in [1.82, 2.24) is 9.29 Å². The van der Waals surface area contributed by atoms with Crippen molar-refractivity contribution in [3.05, 3.63) is 71.6 Å². The molecular formula is C22H24N4O2S2. The molecule has 0 aliphatic carbocycles. The lowest BCUT2D eigenvalue weighted by molar-refractivity contribution is 0.445. The van der Waals surface area contributed by atoms with Crippen molar-refractivity contribution in [3.8, 4) is 11.3 Å². The molecule has 0 atom stereocenters. The van der Waals surface area contributed by atoms with Gasteiger partial charge in [-0.2, -0.15) is 9.41 Å². The van der Waals surface area contributed by atoms with E-state index in [1.165, 1.54) is 15.6 Å². The third-order valence-electron chi connectivity index (χ3n) is 4.41. The van der Waals surface area contributed by atoms with Crippen molar-refractivity contribution in [2.45, 2.75) is 18.7 Å². The first kappa shape index (κ1) is 21.9. The van der Waals surface area contributed by atoms with E-state index in [9.17, 15) is 8.42 Å². The van der Waals surface area contributed by atoms with Gasteiger partial charge in [0, 0.05) is 30.2 Å². The van der Waals surface area contributed by atoms with Crippen LogP contribution in [0.5, 0.6) is 0 Å². The maximum atomic E-state index is 12.6. The topological polar surface area (TPSA) is 74.7 Å². The molecule has 30 heavy (non-hydrogen) atoms. The van der Waals surface area contributed by atoms with Gasteiger partial charge in [0.05, 0.1) is 10.6 Å². The smallest absolute Gasteiger partial charge is 0.243 e. The van der Waals surface area contributed by atoms with Crippen LogP contribution in [0.15, 0.2) is 76.1 Å². The second-order valence-electron chi connectivity index (χ2n) is 6.31. The average Bonchev–Trinajstić information content (AvgIpc) is 3.24. The highest BCUT2D eigenvalue weighted by Gasteiger charge is 2.21. The minimum atomic E-state index is -3.45. The number of hydrogen-bond acceptors (Lipinski definition) is 6. The summed E-state index contributed by atoms with van der Waals surface area (Å²) < 4.78 is 26.6. The number of anilines is 1. The molecule has 6 nitrogen and oxygen atoms in total. The van der Waals surface area contributed by atoms with Crippen molar-refractivity contribution in [1.29, 1.82) is 0 Å². The summed E-state index contributed by atoms with van der Waals surface area (Å²) in [5, 5.41) is 6.72. The van der Waals surface area contributed by atoms with E-state index in [2.05, 4.69) is 15.5 Å². The number of nitrogens with zero attached hydrogens (tertiary/aromatic N) is 3. The molecule has 0 unspecified atom stereocenters. The SMILES string of the molecule is CCN(CC)S(=O)(=O)c1ccc(-c2csc(NN=CC=Cc3ccccc3)n2)cc1. The summed E-state index contributed by atoms with van der Waals surface area (Å²) in [5.41, 5.74) is 5.63. The lowest BCUT2D eigenvalue weighted by atomic mass is 10.2. The molecule has 0 aliphatic heterocycles. The van der Waals surface area contributed by atoms with Crippen LogP contribution in [0.3, 0.4) is 0 Å². The first-order valence-electron chi connectivity index (χ1n) is 9.61. The van der Waals surface area contributed by atoms with Gasteiger partial charge in [-0.15, -0.1) is 11.3 Å². The summed E-state index contributed by atoms with van der Waals surface area (Å²) in [4.78, 5) is 4.80. The number of benzene rings is 2. The molecule has 3 aromatic rings. The number of sulfonamides is 1. The normalized spacial score (nSPS) is 12.2. The monoisotopic (exact) mass is 440 g/mol. The van der Waals surface area contributed by atoms with E-state index in [-0.39, 0.29) is 0 Å². The van der Waals surface area contributed by atoms with Gasteiger partial charge in [-0.05, 0) is 23.8 Å². The standard InChI is InChI=1S/C22H24N4O2S2/c1-3-26(4-2)30(27,28)20-14-12-19(13-15-20)21-17-29-22(24-21)25-23-16-8-11-18-9-6-5-7-10-18/h5-17H,3-4H2,1-2H3,(H,24,25). The van der Waals surface area contributed by atoms with Gasteiger partial charge in [-0.25, -0.2) is 13.4 Å². The number of thiazole rings is 1. The molecule has 1 aromatic heterocycles. The van der Waals surface area contributed by atoms with Gasteiger partial charge >= 0.3 is 0 Å². The largest absolute Gasteiger partial charge is 0.253 e. The van der Waals surface area contributed by atoms with Crippen LogP contribution in [0.25, 0.3) is 17.3 Å². The second-order valence-corrected chi connectivity index (χ2v) is 9.11. The van der Waals surface area contributed by atoms with Gasteiger partial charge in [-0.3, -0.25) is 5.43 Å². The van der Waals surface area contributed by atoms with Crippen LogP contribution in [0, 0.1) is 0 Å². The Hall–Kier alpha value is -2.81. The summed E-state index contributed by atoms with van der Waals surface area (Å²) in [6.07, 6.45) is 5.49. The first-order valence-corrected chi connectivity index (χ1v) is 11.9. The van der Waals surface area contributed by atoms with Crippen LogP contribution in [-0.2, 0) is 10.0 Å². The summed E-state index contributed by atoms with van der Waals surface area (Å²) >= 11 is 1.43. The quantitative estimate of drug-likeness (QED) is 0.377. The van der Waals surface area contributed by atoms with Gasteiger partial charge in [0.15, 0.2) is 0 Å². The van der Waals surface area contributed by atoms with Crippen molar-refractivity contribution >= 4 is 38.8 Å². The highest BCUT2D eigenvalue weighted by molar-refractivity contribution is 7.89. The number of hydrogen-bond donors (Lipinski definition) is 1. The molecule has 1 heterocycles. The minimum absolute atomic E-state index is 0.290. The number of allylic oxidation sites excluding steroid dienone is 1. The third kappa shape index (κ3) is 5.41. The first-order chi connectivity index (χ1) is 14.5. The fraction of sp³-hybridized carbons (Fsp3) is 0.182. The Labute approximate surface area is 181 Å². The number of rotatable bonds is 9. The van der Waals surface area contributed by atoms with Crippen LogP contribution < -0.4 is 5.43 Å². The van der Waals surface area contributed by atoms with Gasteiger partial charge in [0.1, 0.15) is 0 Å². The van der Waals surface area contributed by atoms with Crippen LogP contribution in [0.1, 0.15) is 19.4 Å². The Morgan fingerprint density at radius 3 is 2.43 bits per heavy atom. The molecule has 0 aliphatic rings. The lowest BCUT2D eigenvalue weighted by Gasteiger charge is -2.18. The Kier molecular flexibility index (Phi) is 7.51. The van der Waals surface area contributed by atoms with Gasteiger partial charge < -0.3 is 0 Å². The number of aromatic nitrogens is 1. The van der Waals surface area contributed by atoms with Gasteiger partial charge in [-0.1, -0.05) is 62.4 Å². The summed E-state index contributed by atoms with van der Waals surface area (Å²) in [6.45, 7) is 4.56. The van der Waals surface area contributed by atoms with E-state index in [0.29, 0.717) is 23.1 Å². The van der Waals surface area contributed by atoms with Crippen LogP contribution in [-0.4, -0.2) is 37.0 Å². The molecule has 0 amide bonds. The van der Waals surface area contributed by atoms with Crippen molar-refractivity contribution in [2.75, 3.05) is 18.5 Å². The molecule has 0 fully saturated rings. The Bertz CT molecular complexity index is 1100. The van der Waals surface area contributed by atoms with Crippen LogP contribution in [0.2, 0.25) is 0 Å². The highest BCUT2D eigenvalue weighted by Crippen LogP contribution is 2.26. The Morgan fingerprint density at radius 1 is 1.07 bits per heavy atom. The predicted molar refractivity (Wildman–Crippen MR) is 125 cm³/mol. The van der Waals surface area contributed by atoms with Crippen LogP contribution in [0.4, 0.5) is 5.13 Å². The predicted octanol–water partition coefficient (Wildman–Crippen LogP) is 4.95. The zero-order valence-corrected chi connectivity index (χ0v) is 18.5. The molecule has 0 spiro atoms. The highest BCUT2D eigenvalue weighted by atomic mass is 32.2. The fourth-order valence-electron chi connectivity index (χ4n) is 2.82. The van der Waals surface area contributed by atoms with Crippen LogP contribution >= 0.6 is 11.3 Å². The maximum absolute atomic E-state index is 12.6. The molecule has 1 N–H and O–H groups in total. The third-order valence-corrected chi connectivity index (χ3v) is 7.22. The molecule has 0 radical (unpaired) electrons. The second kappa shape index (κ2) is 10.3. The van der Waals surface area contributed by atoms with E-state index in [0.717, 1.165) is 16.8 Å². The fourth-order valence-corrected chi connectivity index (χ4v) is 4.95. The summed E-state index contributed by atoms with van der Waals surface area (Å²) in [6, 6.07) is 16.8. The number of nitrogens with one attached hydrogen (secondary N) is 1. The minimum Gasteiger partial charge on any atom is -0.253 e. The number of hydrazone groups is 1. The van der Waals surface area contributed by atoms with E-state index in [1.807, 2.05) is 61.7 Å². The average molecular weight is 441 g/mol. The maximum Gasteiger partial charge on any atom is 0.243 e. The Balaban J connectivity index is 1.63. The Morgan fingerprint density at radius 2 is 1.77 bits per heavy atom.